The van der Waals surface area contributed by atoms with Gasteiger partial charge in [0, 0.05) is 26.2 Å². The molecule has 0 radical (unpaired) electrons. The zero-order valence-electron chi connectivity index (χ0n) is 13.6. The Kier molecular flexibility index (Phi) is 5.61. The summed E-state index contributed by atoms with van der Waals surface area (Å²) in [5, 5.41) is 3.30. The van der Waals surface area contributed by atoms with Crippen LogP contribution in [0.3, 0.4) is 0 Å². The smallest absolute Gasteiger partial charge is 0.204 e. The molecule has 118 valence electrons. The molecule has 1 aromatic rings. The molecule has 1 aliphatic heterocycles. The Hall–Kier alpha value is -1.56. The fraction of sp³-hybridized carbons (Fsp3) is 0.733. The number of likely N-dealkylation sites (N-methyl/N-ethyl adjacent to an activating group) is 2. The third kappa shape index (κ3) is 3.75. The molecule has 1 aromatic heterocycles. The topological polar surface area (TPSA) is 53.5 Å². The first-order valence-corrected chi connectivity index (χ1v) is 7.71. The van der Waals surface area contributed by atoms with Gasteiger partial charge in [-0.05, 0) is 32.9 Å². The van der Waals surface area contributed by atoms with Crippen molar-refractivity contribution in [3.63, 3.8) is 0 Å². The van der Waals surface area contributed by atoms with Gasteiger partial charge in [0.1, 0.15) is 6.33 Å². The monoisotopic (exact) mass is 293 g/mol. The summed E-state index contributed by atoms with van der Waals surface area (Å²) in [5.41, 5.74) is 0. The van der Waals surface area contributed by atoms with E-state index in [0.29, 0.717) is 6.04 Å². The van der Waals surface area contributed by atoms with Gasteiger partial charge in [-0.3, -0.25) is 0 Å². The van der Waals surface area contributed by atoms with Crippen LogP contribution in [-0.4, -0.2) is 61.7 Å². The lowest BCUT2D eigenvalue weighted by atomic mass is 10.2. The van der Waals surface area contributed by atoms with E-state index < -0.39 is 0 Å². The number of hydrogen-bond acceptors (Lipinski definition) is 6. The molecule has 1 aliphatic rings. The molecule has 6 nitrogen and oxygen atoms in total. The Morgan fingerprint density at radius 2 is 2.29 bits per heavy atom. The van der Waals surface area contributed by atoms with Gasteiger partial charge in [0.05, 0.1) is 7.11 Å². The second-order valence-corrected chi connectivity index (χ2v) is 5.66. The maximum Gasteiger partial charge on any atom is 0.204 e. The standard InChI is InChI=1S/C15H27N5O/c1-5-8-16-14-13(21-4)15(18-11-17-14)20(3)10-12-7-6-9-19(12)2/h11-12H,5-10H2,1-4H3,(H,16,17,18). The van der Waals surface area contributed by atoms with Gasteiger partial charge in [0.2, 0.25) is 5.75 Å². The van der Waals surface area contributed by atoms with Crippen molar-refractivity contribution < 1.29 is 4.74 Å². The van der Waals surface area contributed by atoms with Crippen molar-refractivity contribution in [2.45, 2.75) is 32.2 Å². The number of nitrogens with one attached hydrogen (secondary N) is 1. The summed E-state index contributed by atoms with van der Waals surface area (Å²) in [6.45, 7) is 5.14. The highest BCUT2D eigenvalue weighted by Crippen LogP contribution is 2.32. The van der Waals surface area contributed by atoms with Crippen LogP contribution in [0.2, 0.25) is 0 Å². The fourth-order valence-electron chi connectivity index (χ4n) is 2.81. The fourth-order valence-corrected chi connectivity index (χ4v) is 2.81. The first-order valence-electron chi connectivity index (χ1n) is 7.71. The van der Waals surface area contributed by atoms with Crippen molar-refractivity contribution in [2.24, 2.45) is 0 Å². The van der Waals surface area contributed by atoms with Crippen LogP contribution in [0.15, 0.2) is 6.33 Å². The number of likely N-dealkylation sites (tertiary alicyclic amines) is 1. The third-order valence-electron chi connectivity index (χ3n) is 4.05. The summed E-state index contributed by atoms with van der Waals surface area (Å²) in [4.78, 5) is 13.3. The Bertz CT molecular complexity index is 454. The lowest BCUT2D eigenvalue weighted by Gasteiger charge is -2.27. The van der Waals surface area contributed by atoms with Gasteiger partial charge >= 0.3 is 0 Å². The van der Waals surface area contributed by atoms with E-state index in [1.807, 2.05) is 0 Å². The molecule has 1 fully saturated rings. The zero-order valence-corrected chi connectivity index (χ0v) is 13.6. The predicted octanol–water partition coefficient (Wildman–Crippen LogP) is 1.84. The summed E-state index contributed by atoms with van der Waals surface area (Å²) in [7, 11) is 5.94. The number of ether oxygens (including phenoxy) is 1. The molecule has 1 unspecified atom stereocenters. The number of aromatic nitrogens is 2. The molecule has 0 amide bonds. The molecule has 0 aromatic carbocycles. The van der Waals surface area contributed by atoms with Crippen molar-refractivity contribution in [2.75, 3.05) is 51.1 Å². The van der Waals surface area contributed by atoms with E-state index in [9.17, 15) is 0 Å². The molecule has 2 heterocycles. The molecule has 6 heteroatoms. The first-order chi connectivity index (χ1) is 10.2. The van der Waals surface area contributed by atoms with Crippen molar-refractivity contribution in [1.82, 2.24) is 14.9 Å². The van der Waals surface area contributed by atoms with Crippen LogP contribution >= 0.6 is 0 Å². The van der Waals surface area contributed by atoms with Crippen molar-refractivity contribution in [1.29, 1.82) is 0 Å². The Morgan fingerprint density at radius 3 is 2.90 bits per heavy atom. The van der Waals surface area contributed by atoms with E-state index in [0.717, 1.165) is 36.9 Å². The molecule has 1 N–H and O–H groups in total. The molecular formula is C15H27N5O. The maximum atomic E-state index is 5.54. The maximum absolute atomic E-state index is 5.54. The second-order valence-electron chi connectivity index (χ2n) is 5.66. The van der Waals surface area contributed by atoms with E-state index in [2.05, 4.69) is 46.1 Å². The normalized spacial score (nSPS) is 18.8. The van der Waals surface area contributed by atoms with Crippen LogP contribution in [0.1, 0.15) is 26.2 Å². The number of rotatable bonds is 7. The van der Waals surface area contributed by atoms with Gasteiger partial charge < -0.3 is 19.9 Å². The Labute approximate surface area is 127 Å². The van der Waals surface area contributed by atoms with Crippen molar-refractivity contribution >= 4 is 11.6 Å². The highest BCUT2D eigenvalue weighted by molar-refractivity contribution is 5.64. The molecule has 0 spiro atoms. The Balaban J connectivity index is 2.13. The summed E-state index contributed by atoms with van der Waals surface area (Å²) in [5.74, 6) is 2.36. The number of nitrogens with zero attached hydrogens (tertiary/aromatic N) is 4. The molecular weight excluding hydrogens is 266 g/mol. The second kappa shape index (κ2) is 7.45. The van der Waals surface area contributed by atoms with Crippen molar-refractivity contribution in [3.05, 3.63) is 6.33 Å². The quantitative estimate of drug-likeness (QED) is 0.828. The largest absolute Gasteiger partial charge is 0.490 e. The average Bonchev–Trinajstić information content (AvgIpc) is 2.89. The zero-order chi connectivity index (χ0) is 15.2. The van der Waals surface area contributed by atoms with Gasteiger partial charge in [-0.2, -0.15) is 0 Å². The molecule has 1 atom stereocenters. The van der Waals surface area contributed by atoms with Crippen LogP contribution in [0, 0.1) is 0 Å². The molecule has 1 saturated heterocycles. The van der Waals surface area contributed by atoms with Gasteiger partial charge in [-0.25, -0.2) is 9.97 Å². The van der Waals surface area contributed by atoms with Gasteiger partial charge in [-0.15, -0.1) is 0 Å². The highest BCUT2D eigenvalue weighted by Gasteiger charge is 2.24. The SMILES string of the molecule is CCCNc1ncnc(N(C)CC2CCCN2C)c1OC. The van der Waals surface area contributed by atoms with Crippen LogP contribution < -0.4 is 15.0 Å². The number of methoxy groups -OCH3 is 1. The summed E-state index contributed by atoms with van der Waals surface area (Å²) >= 11 is 0. The van der Waals surface area contributed by atoms with Crippen LogP contribution in [-0.2, 0) is 0 Å². The molecule has 0 saturated carbocycles. The van der Waals surface area contributed by atoms with Crippen LogP contribution in [0.25, 0.3) is 0 Å². The minimum atomic E-state index is 0.585. The molecule has 21 heavy (non-hydrogen) atoms. The van der Waals surface area contributed by atoms with Crippen molar-refractivity contribution in [3.8, 4) is 5.75 Å². The lowest BCUT2D eigenvalue weighted by Crippen LogP contribution is -2.37. The predicted molar refractivity (Wildman–Crippen MR) is 86.3 cm³/mol. The number of hydrogen-bond donors (Lipinski definition) is 1. The van der Waals surface area contributed by atoms with Gasteiger partial charge in [0.15, 0.2) is 11.6 Å². The highest BCUT2D eigenvalue weighted by atomic mass is 16.5. The van der Waals surface area contributed by atoms with Gasteiger partial charge in [0.25, 0.3) is 0 Å². The summed E-state index contributed by atoms with van der Waals surface area (Å²) < 4.78 is 5.54. The minimum absolute atomic E-state index is 0.585. The lowest BCUT2D eigenvalue weighted by molar-refractivity contribution is 0.313. The molecule has 2 rings (SSSR count). The Morgan fingerprint density at radius 1 is 1.48 bits per heavy atom. The summed E-state index contributed by atoms with van der Waals surface area (Å²) in [6, 6.07) is 0.585. The van der Waals surface area contributed by atoms with E-state index >= 15 is 0 Å². The van der Waals surface area contributed by atoms with E-state index in [1.54, 1.807) is 13.4 Å². The van der Waals surface area contributed by atoms with Gasteiger partial charge in [-0.1, -0.05) is 6.92 Å². The third-order valence-corrected chi connectivity index (χ3v) is 4.05. The average molecular weight is 293 g/mol. The van der Waals surface area contributed by atoms with Crippen LogP contribution in [0.5, 0.6) is 5.75 Å². The summed E-state index contributed by atoms with van der Waals surface area (Å²) in [6.07, 6.45) is 5.17. The number of anilines is 2. The van der Waals surface area contributed by atoms with E-state index in [-0.39, 0.29) is 0 Å². The first kappa shape index (κ1) is 15.8. The molecule has 0 aliphatic carbocycles. The van der Waals surface area contributed by atoms with Crippen LogP contribution in [0.4, 0.5) is 11.6 Å². The van der Waals surface area contributed by atoms with E-state index in [1.165, 1.54) is 19.4 Å². The molecule has 0 bridgehead atoms. The van der Waals surface area contributed by atoms with E-state index in [4.69, 9.17) is 4.74 Å². The minimum Gasteiger partial charge on any atom is -0.490 e.